The van der Waals surface area contributed by atoms with Gasteiger partial charge in [0, 0.05) is 24.4 Å². The number of nitrogens with two attached hydrogens (primary N) is 3. The third kappa shape index (κ3) is 12.0. The van der Waals surface area contributed by atoms with Gasteiger partial charge in [0.25, 0.3) is 0 Å². The molecule has 0 saturated carbocycles. The van der Waals surface area contributed by atoms with E-state index in [0.717, 1.165) is 0 Å². The first-order valence-electron chi connectivity index (χ1n) is 5.75. The lowest BCUT2D eigenvalue weighted by atomic mass is 10.3. The zero-order valence-electron chi connectivity index (χ0n) is 10.7. The van der Waals surface area contributed by atoms with Crippen LogP contribution in [-0.4, -0.2) is 25.4 Å². The standard InChI is InChI=1S/C12H20N4O3/c13-6-2-1-3-7-18-8-5-12(17)19-9-4-11(14)10-16-15/h1-3,6-7,10,13,16H,4-5,8-9,14-15H2/p+1/b2-1-,7-3-,11-10-,13-6?. The number of allylic oxidation sites excluding steroid dienone is 3. The Bertz CT molecular complexity index is 351. The zero-order valence-corrected chi connectivity index (χ0v) is 10.7. The van der Waals surface area contributed by atoms with Crippen molar-refractivity contribution >= 4 is 12.2 Å². The van der Waals surface area contributed by atoms with E-state index in [2.05, 4.69) is 5.43 Å². The van der Waals surface area contributed by atoms with Crippen molar-refractivity contribution in [3.05, 3.63) is 36.4 Å². The van der Waals surface area contributed by atoms with Crippen molar-refractivity contribution in [2.75, 3.05) is 13.2 Å². The van der Waals surface area contributed by atoms with Crippen LogP contribution in [0.3, 0.4) is 0 Å². The van der Waals surface area contributed by atoms with Gasteiger partial charge in [-0.3, -0.25) is 16.0 Å². The monoisotopic (exact) mass is 269 g/mol. The van der Waals surface area contributed by atoms with Crippen LogP contribution in [0.2, 0.25) is 0 Å². The molecule has 0 unspecified atom stereocenters. The number of carbonyl (C=O) groups excluding carboxylic acids is 1. The highest BCUT2D eigenvalue weighted by atomic mass is 16.5. The molecular formula is C12H21N4O3+. The van der Waals surface area contributed by atoms with E-state index < -0.39 is 0 Å². The summed E-state index contributed by atoms with van der Waals surface area (Å²) in [5.41, 5.74) is 8.34. The van der Waals surface area contributed by atoms with Crippen molar-refractivity contribution < 1.29 is 19.7 Å². The van der Waals surface area contributed by atoms with E-state index in [9.17, 15) is 4.79 Å². The highest BCUT2D eigenvalue weighted by Gasteiger charge is 2.02. The molecule has 0 saturated heterocycles. The van der Waals surface area contributed by atoms with Crippen LogP contribution in [0.15, 0.2) is 36.4 Å². The van der Waals surface area contributed by atoms with E-state index in [4.69, 9.17) is 26.5 Å². The van der Waals surface area contributed by atoms with Crippen LogP contribution in [0, 0.1) is 0 Å². The second-order valence-electron chi connectivity index (χ2n) is 3.38. The Morgan fingerprint density at radius 3 is 2.68 bits per heavy atom. The van der Waals surface area contributed by atoms with E-state index in [-0.39, 0.29) is 25.6 Å². The van der Waals surface area contributed by atoms with E-state index in [0.29, 0.717) is 12.1 Å². The quantitative estimate of drug-likeness (QED) is 0.0726. The van der Waals surface area contributed by atoms with Gasteiger partial charge in [0.15, 0.2) is 6.21 Å². The van der Waals surface area contributed by atoms with E-state index in [1.807, 2.05) is 0 Å². The smallest absolute Gasteiger partial charge is 0.309 e. The van der Waals surface area contributed by atoms with Gasteiger partial charge in [-0.1, -0.05) is 6.08 Å². The van der Waals surface area contributed by atoms with Crippen LogP contribution in [0.5, 0.6) is 0 Å². The fourth-order valence-electron chi connectivity index (χ4n) is 0.974. The first-order valence-corrected chi connectivity index (χ1v) is 5.75. The number of hydrogen-bond acceptors (Lipinski definition) is 6. The topological polar surface area (TPSA) is 125 Å². The molecule has 0 fully saturated rings. The van der Waals surface area contributed by atoms with Gasteiger partial charge in [-0.25, -0.2) is 0 Å². The third-order valence-corrected chi connectivity index (χ3v) is 1.85. The summed E-state index contributed by atoms with van der Waals surface area (Å²) in [6.07, 6.45) is 9.95. The molecule has 0 aliphatic carbocycles. The molecule has 19 heavy (non-hydrogen) atoms. The number of nitrogens with one attached hydrogen (secondary N) is 1. The molecule has 0 atom stereocenters. The van der Waals surface area contributed by atoms with Crippen molar-refractivity contribution in [1.82, 2.24) is 5.43 Å². The summed E-state index contributed by atoms with van der Waals surface area (Å²) in [4.78, 5) is 11.3. The Morgan fingerprint density at radius 1 is 1.21 bits per heavy atom. The Kier molecular flexibility index (Phi) is 10.7. The Labute approximate surface area is 112 Å². The lowest BCUT2D eigenvalue weighted by molar-refractivity contribution is -0.144. The average molecular weight is 269 g/mol. The fourth-order valence-corrected chi connectivity index (χ4v) is 0.974. The number of carbonyl (C=O) groups is 1. The van der Waals surface area contributed by atoms with Crippen LogP contribution in [0.4, 0.5) is 0 Å². The molecule has 0 spiro atoms. The second kappa shape index (κ2) is 12.2. The minimum absolute atomic E-state index is 0.176. The summed E-state index contributed by atoms with van der Waals surface area (Å²) in [5.74, 6) is 4.69. The third-order valence-electron chi connectivity index (χ3n) is 1.85. The molecule has 7 N–H and O–H groups in total. The highest BCUT2D eigenvalue weighted by Crippen LogP contribution is 1.95. The molecule has 0 aliphatic heterocycles. The number of esters is 1. The summed E-state index contributed by atoms with van der Waals surface area (Å²) in [6.45, 7) is 0.471. The summed E-state index contributed by atoms with van der Waals surface area (Å²) >= 11 is 0. The predicted molar refractivity (Wildman–Crippen MR) is 72.0 cm³/mol. The summed E-state index contributed by atoms with van der Waals surface area (Å²) in [6, 6.07) is 0. The van der Waals surface area contributed by atoms with Crippen molar-refractivity contribution in [1.29, 1.82) is 0 Å². The number of rotatable bonds is 10. The number of hydrazine groups is 1. The van der Waals surface area contributed by atoms with E-state index in [1.54, 1.807) is 18.2 Å². The number of hydrogen-bond donors (Lipinski definition) is 4. The molecule has 0 amide bonds. The molecule has 0 heterocycles. The maximum absolute atomic E-state index is 11.3. The Morgan fingerprint density at radius 2 is 2.00 bits per heavy atom. The van der Waals surface area contributed by atoms with Crippen LogP contribution in [0.1, 0.15) is 12.8 Å². The van der Waals surface area contributed by atoms with Gasteiger partial charge in [0.1, 0.15) is 0 Å². The van der Waals surface area contributed by atoms with Crippen LogP contribution in [-0.2, 0) is 14.3 Å². The minimum Gasteiger partial charge on any atom is -0.501 e. The van der Waals surface area contributed by atoms with Gasteiger partial charge in [-0.15, -0.1) is 0 Å². The highest BCUT2D eigenvalue weighted by molar-refractivity contribution is 5.69. The Hall–Kier alpha value is -2.28. The lowest BCUT2D eigenvalue weighted by Crippen LogP contribution is -2.27. The summed E-state index contributed by atoms with van der Waals surface area (Å²) in [7, 11) is 0. The van der Waals surface area contributed by atoms with Gasteiger partial charge in [0.2, 0.25) is 0 Å². The van der Waals surface area contributed by atoms with Crippen molar-refractivity contribution in [3.63, 3.8) is 0 Å². The first-order chi connectivity index (χ1) is 9.20. The molecule has 0 aromatic heterocycles. The second-order valence-corrected chi connectivity index (χ2v) is 3.38. The van der Waals surface area contributed by atoms with Gasteiger partial charge >= 0.3 is 5.97 Å². The lowest BCUT2D eigenvalue weighted by Gasteiger charge is -2.05. The van der Waals surface area contributed by atoms with E-state index >= 15 is 0 Å². The summed E-state index contributed by atoms with van der Waals surface area (Å²) < 4.78 is 10.0. The molecular weight excluding hydrogens is 248 g/mol. The van der Waals surface area contributed by atoms with Gasteiger partial charge < -0.3 is 20.6 Å². The van der Waals surface area contributed by atoms with Gasteiger partial charge in [-0.05, 0) is 6.08 Å². The molecule has 7 nitrogen and oxygen atoms in total. The van der Waals surface area contributed by atoms with Crippen molar-refractivity contribution in [3.8, 4) is 0 Å². The van der Waals surface area contributed by atoms with Crippen LogP contribution >= 0.6 is 0 Å². The Balaban J connectivity index is 3.55. The minimum atomic E-state index is -0.340. The maximum Gasteiger partial charge on any atom is 0.309 e. The SMILES string of the molecule is NN/C=C(\N)CCOC(=O)CCO/C=C\C=C/C=[NH2+]. The molecule has 0 aromatic rings. The van der Waals surface area contributed by atoms with E-state index in [1.165, 1.54) is 18.7 Å². The number of ether oxygens (including phenoxy) is 2. The van der Waals surface area contributed by atoms with Crippen molar-refractivity contribution in [2.45, 2.75) is 12.8 Å². The zero-order chi connectivity index (χ0) is 14.3. The maximum atomic E-state index is 11.3. The molecule has 0 bridgehead atoms. The average Bonchev–Trinajstić information content (AvgIpc) is 2.38. The molecule has 106 valence electrons. The van der Waals surface area contributed by atoms with Gasteiger partial charge in [-0.2, -0.15) is 0 Å². The largest absolute Gasteiger partial charge is 0.501 e. The first kappa shape index (κ1) is 16.7. The van der Waals surface area contributed by atoms with Gasteiger partial charge in [0.05, 0.1) is 25.9 Å². The fraction of sp³-hybridized carbons (Fsp3) is 0.333. The van der Waals surface area contributed by atoms with Crippen LogP contribution < -0.4 is 22.4 Å². The van der Waals surface area contributed by atoms with Crippen LogP contribution in [0.25, 0.3) is 0 Å². The molecule has 7 heteroatoms. The predicted octanol–water partition coefficient (Wildman–Crippen LogP) is -1.51. The molecule has 0 aromatic carbocycles. The molecule has 0 aliphatic rings. The molecule has 0 rings (SSSR count). The summed E-state index contributed by atoms with van der Waals surface area (Å²) in [5, 5.41) is 5.12. The molecule has 0 radical (unpaired) electrons. The normalized spacial score (nSPS) is 11.7. The van der Waals surface area contributed by atoms with Crippen molar-refractivity contribution in [2.24, 2.45) is 11.6 Å².